The second-order valence-electron chi connectivity index (χ2n) is 7.92. The lowest BCUT2D eigenvalue weighted by Crippen LogP contribution is -2.29. The number of aryl methyl sites for hydroxylation is 1. The first-order valence-corrected chi connectivity index (χ1v) is 11.1. The number of benzene rings is 1. The normalized spacial score (nSPS) is 14.6. The number of furan rings is 1. The maximum Gasteiger partial charge on any atom is 0.272 e. The standard InChI is InChI=1S/C23H23ClN6O2/c1-15(22-27-26-21-10-3-2-4-11-29(21)22)25-23(31)18-14-19(20-9-6-12-32-20)30(28-18)17-8-5-7-16(24)13-17/h5-9,12-15H,2-4,10-11H2,1H3,(H,25,31)/t15-/m1/s1. The maximum absolute atomic E-state index is 13.1. The topological polar surface area (TPSA) is 90.8 Å². The van der Waals surface area contributed by atoms with E-state index in [1.807, 2.05) is 25.1 Å². The molecule has 1 aliphatic heterocycles. The van der Waals surface area contributed by atoms with Crippen molar-refractivity contribution in [1.29, 1.82) is 0 Å². The summed E-state index contributed by atoms with van der Waals surface area (Å²) >= 11 is 6.18. The van der Waals surface area contributed by atoms with E-state index in [4.69, 9.17) is 16.0 Å². The minimum absolute atomic E-state index is 0.277. The van der Waals surface area contributed by atoms with E-state index in [0.717, 1.165) is 43.1 Å². The Balaban J connectivity index is 1.44. The van der Waals surface area contributed by atoms with Crippen LogP contribution >= 0.6 is 11.6 Å². The molecule has 0 spiro atoms. The molecular weight excluding hydrogens is 428 g/mol. The highest BCUT2D eigenvalue weighted by atomic mass is 35.5. The Morgan fingerprint density at radius 3 is 2.88 bits per heavy atom. The van der Waals surface area contributed by atoms with Gasteiger partial charge in [-0.2, -0.15) is 5.10 Å². The third-order valence-corrected chi connectivity index (χ3v) is 5.88. The van der Waals surface area contributed by atoms with Crippen LogP contribution in [0.25, 0.3) is 17.1 Å². The van der Waals surface area contributed by atoms with E-state index >= 15 is 0 Å². The van der Waals surface area contributed by atoms with Gasteiger partial charge in [0.1, 0.15) is 11.5 Å². The second kappa shape index (κ2) is 8.63. The fraction of sp³-hybridized carbons (Fsp3) is 0.304. The number of hydrogen-bond donors (Lipinski definition) is 1. The van der Waals surface area contributed by atoms with Crippen LogP contribution in [0.4, 0.5) is 0 Å². The van der Waals surface area contributed by atoms with Crippen LogP contribution in [0.5, 0.6) is 0 Å². The molecule has 164 valence electrons. The van der Waals surface area contributed by atoms with E-state index in [-0.39, 0.29) is 17.6 Å². The number of rotatable bonds is 5. The number of aromatic nitrogens is 5. The van der Waals surface area contributed by atoms with Crippen LogP contribution in [0.2, 0.25) is 5.02 Å². The molecule has 0 saturated carbocycles. The molecule has 1 atom stereocenters. The SMILES string of the molecule is C[C@@H](NC(=O)c1cc(-c2ccco2)n(-c2cccc(Cl)c2)n1)c1nnc2n1CCCCC2. The van der Waals surface area contributed by atoms with Gasteiger partial charge in [-0.1, -0.05) is 24.1 Å². The van der Waals surface area contributed by atoms with Gasteiger partial charge in [0.05, 0.1) is 18.0 Å². The van der Waals surface area contributed by atoms with Crippen LogP contribution < -0.4 is 5.32 Å². The van der Waals surface area contributed by atoms with Gasteiger partial charge in [0.2, 0.25) is 0 Å². The number of carbonyl (C=O) groups excluding carboxylic acids is 1. The van der Waals surface area contributed by atoms with Crippen LogP contribution in [0.15, 0.2) is 53.1 Å². The van der Waals surface area contributed by atoms with Crippen LogP contribution in [-0.4, -0.2) is 30.5 Å². The third-order valence-electron chi connectivity index (χ3n) is 5.64. The number of amides is 1. The van der Waals surface area contributed by atoms with E-state index in [1.54, 1.807) is 35.2 Å². The summed E-state index contributed by atoms with van der Waals surface area (Å²) in [5.41, 5.74) is 1.67. The summed E-state index contributed by atoms with van der Waals surface area (Å²) in [5, 5.41) is 16.8. The van der Waals surface area contributed by atoms with Crippen LogP contribution in [0, 0.1) is 0 Å². The summed E-state index contributed by atoms with van der Waals surface area (Å²) in [6.07, 6.45) is 5.90. The first-order chi connectivity index (χ1) is 15.6. The zero-order chi connectivity index (χ0) is 22.1. The second-order valence-corrected chi connectivity index (χ2v) is 8.35. The first-order valence-electron chi connectivity index (χ1n) is 10.7. The Bertz CT molecular complexity index is 1240. The smallest absolute Gasteiger partial charge is 0.272 e. The fourth-order valence-corrected chi connectivity index (χ4v) is 4.24. The highest BCUT2D eigenvalue weighted by Gasteiger charge is 2.24. The number of halogens is 1. The molecule has 0 fully saturated rings. The van der Waals surface area contributed by atoms with Crippen molar-refractivity contribution >= 4 is 17.5 Å². The monoisotopic (exact) mass is 450 g/mol. The number of nitrogens with zero attached hydrogens (tertiary/aromatic N) is 5. The average Bonchev–Trinajstić information content (AvgIpc) is 3.51. The number of nitrogens with one attached hydrogen (secondary N) is 1. The lowest BCUT2D eigenvalue weighted by Gasteiger charge is -2.14. The number of fused-ring (bicyclic) bond motifs is 1. The van der Waals surface area contributed by atoms with Crippen molar-refractivity contribution < 1.29 is 9.21 Å². The summed E-state index contributed by atoms with van der Waals surface area (Å²) in [6.45, 7) is 2.80. The van der Waals surface area contributed by atoms with E-state index in [9.17, 15) is 4.79 Å². The van der Waals surface area contributed by atoms with Crippen molar-refractivity contribution in [3.63, 3.8) is 0 Å². The molecule has 0 unspecified atom stereocenters. The predicted octanol–water partition coefficient (Wildman–Crippen LogP) is 4.59. The molecule has 8 nitrogen and oxygen atoms in total. The summed E-state index contributed by atoms with van der Waals surface area (Å²) in [4.78, 5) is 13.1. The van der Waals surface area contributed by atoms with E-state index in [2.05, 4.69) is 25.2 Å². The van der Waals surface area contributed by atoms with Gasteiger partial charge in [0.25, 0.3) is 5.91 Å². The zero-order valence-electron chi connectivity index (χ0n) is 17.7. The van der Waals surface area contributed by atoms with Crippen molar-refractivity contribution in [1.82, 2.24) is 29.9 Å². The molecule has 1 amide bonds. The molecule has 1 aromatic carbocycles. The lowest BCUT2D eigenvalue weighted by molar-refractivity contribution is 0.0932. The molecule has 0 bridgehead atoms. The van der Waals surface area contributed by atoms with Gasteiger partial charge in [-0.3, -0.25) is 4.79 Å². The minimum Gasteiger partial charge on any atom is -0.463 e. The van der Waals surface area contributed by atoms with Gasteiger partial charge < -0.3 is 14.3 Å². The summed E-state index contributed by atoms with van der Waals surface area (Å²) < 4.78 is 9.37. The van der Waals surface area contributed by atoms with Crippen molar-refractivity contribution in [2.24, 2.45) is 0 Å². The van der Waals surface area contributed by atoms with Gasteiger partial charge >= 0.3 is 0 Å². The number of carbonyl (C=O) groups is 1. The van der Waals surface area contributed by atoms with Crippen molar-refractivity contribution in [3.8, 4) is 17.1 Å². The summed E-state index contributed by atoms with van der Waals surface area (Å²) in [7, 11) is 0. The molecule has 4 aromatic rings. The molecule has 3 aromatic heterocycles. The van der Waals surface area contributed by atoms with Gasteiger partial charge in [-0.05, 0) is 50.1 Å². The maximum atomic E-state index is 13.1. The van der Waals surface area contributed by atoms with Gasteiger partial charge in [0, 0.05) is 24.1 Å². The summed E-state index contributed by atoms with van der Waals surface area (Å²) in [6, 6.07) is 12.3. The molecule has 32 heavy (non-hydrogen) atoms. The third kappa shape index (κ3) is 3.93. The fourth-order valence-electron chi connectivity index (χ4n) is 4.06. The molecule has 1 N–H and O–H groups in total. The molecule has 0 aliphatic carbocycles. The quantitative estimate of drug-likeness (QED) is 0.480. The molecular formula is C23H23ClN6O2. The Labute approximate surface area is 190 Å². The molecule has 0 saturated heterocycles. The Kier molecular flexibility index (Phi) is 5.53. The van der Waals surface area contributed by atoms with E-state index in [1.165, 1.54) is 6.42 Å². The van der Waals surface area contributed by atoms with Crippen molar-refractivity contribution in [3.05, 3.63) is 71.1 Å². The molecule has 9 heteroatoms. The molecule has 5 rings (SSSR count). The highest BCUT2D eigenvalue weighted by molar-refractivity contribution is 6.30. The van der Waals surface area contributed by atoms with Gasteiger partial charge in [-0.25, -0.2) is 4.68 Å². The minimum atomic E-state index is -0.301. The lowest BCUT2D eigenvalue weighted by atomic mass is 10.2. The molecule has 1 aliphatic rings. The molecule has 0 radical (unpaired) electrons. The molecule has 4 heterocycles. The van der Waals surface area contributed by atoms with Crippen LogP contribution in [-0.2, 0) is 13.0 Å². The van der Waals surface area contributed by atoms with Gasteiger partial charge in [-0.15, -0.1) is 10.2 Å². The Morgan fingerprint density at radius 2 is 2.06 bits per heavy atom. The highest BCUT2D eigenvalue weighted by Crippen LogP contribution is 2.26. The first kappa shape index (κ1) is 20.5. The van der Waals surface area contributed by atoms with Gasteiger partial charge in [0.15, 0.2) is 17.3 Å². The van der Waals surface area contributed by atoms with Crippen molar-refractivity contribution in [2.45, 2.75) is 45.2 Å². The van der Waals surface area contributed by atoms with Crippen LogP contribution in [0.3, 0.4) is 0 Å². The van der Waals surface area contributed by atoms with Crippen LogP contribution in [0.1, 0.15) is 54.4 Å². The van der Waals surface area contributed by atoms with E-state index < -0.39 is 0 Å². The Hall–Kier alpha value is -3.39. The number of hydrogen-bond acceptors (Lipinski definition) is 5. The van der Waals surface area contributed by atoms with Crippen molar-refractivity contribution in [2.75, 3.05) is 0 Å². The summed E-state index contributed by atoms with van der Waals surface area (Å²) in [5.74, 6) is 2.07. The largest absolute Gasteiger partial charge is 0.463 e. The average molecular weight is 451 g/mol. The van der Waals surface area contributed by atoms with E-state index in [0.29, 0.717) is 16.5 Å². The zero-order valence-corrected chi connectivity index (χ0v) is 18.4. The predicted molar refractivity (Wildman–Crippen MR) is 120 cm³/mol. The Morgan fingerprint density at radius 1 is 1.16 bits per heavy atom.